The average molecular weight is 309 g/mol. The number of nitrogens with one attached hydrogen (secondary N) is 2. The lowest BCUT2D eigenvalue weighted by Crippen LogP contribution is -2.13. The van der Waals surface area contributed by atoms with Crippen LogP contribution in [-0.2, 0) is 0 Å². The van der Waals surface area contributed by atoms with E-state index in [1.807, 2.05) is 0 Å². The number of rotatable bonds is 4. The summed E-state index contributed by atoms with van der Waals surface area (Å²) in [5.74, 6) is -1.43. The first-order chi connectivity index (χ1) is 9.90. The number of amides is 1. The second-order valence-corrected chi connectivity index (χ2v) is 4.46. The number of Topliss-reactive ketones (excluding diaryl/α,β-unsaturated/α-hetero) is 1. The topological polar surface area (TPSA) is 118 Å². The first kappa shape index (κ1) is 14.7. The Labute approximate surface area is 123 Å². The van der Waals surface area contributed by atoms with Gasteiger partial charge in [-0.05, 0) is 24.0 Å². The molecule has 8 nitrogen and oxygen atoms in total. The Morgan fingerprint density at radius 3 is 2.71 bits per heavy atom. The predicted octanol–water partition coefficient (Wildman–Crippen LogP) is 2.43. The summed E-state index contributed by atoms with van der Waals surface area (Å²) in [7, 11) is 0. The number of benzene rings is 1. The van der Waals surface area contributed by atoms with Crippen molar-refractivity contribution in [2.45, 2.75) is 6.92 Å². The zero-order chi connectivity index (χ0) is 15.6. The average Bonchev–Trinajstić information content (AvgIpc) is 2.81. The van der Waals surface area contributed by atoms with E-state index in [9.17, 15) is 19.7 Å². The van der Waals surface area contributed by atoms with Gasteiger partial charge in [-0.1, -0.05) is 28.8 Å². The molecule has 108 valence electrons. The van der Waals surface area contributed by atoms with E-state index >= 15 is 0 Å². The maximum absolute atomic E-state index is 12.0. The molecular formula is C12H9ClN4O4. The van der Waals surface area contributed by atoms with E-state index in [1.54, 1.807) is 18.2 Å². The van der Waals surface area contributed by atoms with Crippen LogP contribution in [0.1, 0.15) is 27.8 Å². The van der Waals surface area contributed by atoms with E-state index in [4.69, 9.17) is 11.6 Å². The standard InChI is InChI=1S/C12H9ClN4O4/c1-6(18)7-3-2-4-8(5-7)14-12(19)10-9(13)11(16-15-10)17(20)21/h2-5H,1H3,(H,14,19)(H,15,16). The molecule has 2 rings (SSSR count). The number of carbonyl (C=O) groups excluding carboxylic acids is 2. The second kappa shape index (κ2) is 5.71. The number of carbonyl (C=O) groups is 2. The van der Waals surface area contributed by atoms with Crippen molar-refractivity contribution < 1.29 is 14.5 Å². The van der Waals surface area contributed by atoms with Crippen LogP contribution in [0.2, 0.25) is 5.02 Å². The molecule has 1 aromatic carbocycles. The van der Waals surface area contributed by atoms with Crippen molar-refractivity contribution in [3.8, 4) is 0 Å². The molecule has 0 radical (unpaired) electrons. The SMILES string of the molecule is CC(=O)c1cccc(NC(=O)c2n[nH]c([N+](=O)[O-])c2Cl)c1. The van der Waals surface area contributed by atoms with Crippen LogP contribution in [0, 0.1) is 10.1 Å². The summed E-state index contributed by atoms with van der Waals surface area (Å²) in [6.45, 7) is 1.40. The fourth-order valence-corrected chi connectivity index (χ4v) is 1.84. The van der Waals surface area contributed by atoms with Gasteiger partial charge in [0.15, 0.2) is 16.5 Å². The Hall–Kier alpha value is -2.74. The van der Waals surface area contributed by atoms with Crippen LogP contribution in [0.15, 0.2) is 24.3 Å². The van der Waals surface area contributed by atoms with Crippen molar-refractivity contribution in [1.82, 2.24) is 10.2 Å². The minimum Gasteiger partial charge on any atom is -0.358 e. The van der Waals surface area contributed by atoms with Crippen LogP contribution < -0.4 is 5.32 Å². The Morgan fingerprint density at radius 1 is 1.43 bits per heavy atom. The van der Waals surface area contributed by atoms with E-state index in [0.717, 1.165) is 0 Å². The van der Waals surface area contributed by atoms with Gasteiger partial charge in [-0.3, -0.25) is 9.59 Å². The van der Waals surface area contributed by atoms with Gasteiger partial charge in [-0.25, -0.2) is 0 Å². The van der Waals surface area contributed by atoms with Crippen molar-refractivity contribution in [3.05, 3.63) is 50.7 Å². The fraction of sp³-hybridized carbons (Fsp3) is 0.0833. The molecule has 21 heavy (non-hydrogen) atoms. The second-order valence-electron chi connectivity index (χ2n) is 4.08. The maximum atomic E-state index is 12.0. The number of halogens is 1. The minimum atomic E-state index is -0.775. The molecule has 0 aliphatic carbocycles. The normalized spacial score (nSPS) is 10.2. The molecule has 0 bridgehead atoms. The maximum Gasteiger partial charge on any atom is 0.362 e. The van der Waals surface area contributed by atoms with Gasteiger partial charge < -0.3 is 15.4 Å². The molecule has 9 heteroatoms. The molecule has 2 N–H and O–H groups in total. The number of nitrogens with zero attached hydrogens (tertiary/aromatic N) is 2. The van der Waals surface area contributed by atoms with Crippen LogP contribution in [0.25, 0.3) is 0 Å². The number of H-pyrrole nitrogens is 1. The Balaban J connectivity index is 2.24. The van der Waals surface area contributed by atoms with Gasteiger partial charge in [0.1, 0.15) is 0 Å². The molecule has 0 spiro atoms. The molecule has 1 heterocycles. The van der Waals surface area contributed by atoms with Gasteiger partial charge in [0.2, 0.25) is 0 Å². The number of hydrogen-bond acceptors (Lipinski definition) is 5. The molecule has 0 unspecified atom stereocenters. The summed E-state index contributed by atoms with van der Waals surface area (Å²) in [4.78, 5) is 33.1. The highest BCUT2D eigenvalue weighted by atomic mass is 35.5. The Morgan fingerprint density at radius 2 is 2.14 bits per heavy atom. The van der Waals surface area contributed by atoms with Gasteiger partial charge in [0.25, 0.3) is 5.91 Å². The van der Waals surface area contributed by atoms with Crippen LogP contribution >= 0.6 is 11.6 Å². The predicted molar refractivity (Wildman–Crippen MR) is 74.7 cm³/mol. The lowest BCUT2D eigenvalue weighted by molar-refractivity contribution is -0.389. The van der Waals surface area contributed by atoms with Gasteiger partial charge in [-0.2, -0.15) is 0 Å². The highest BCUT2D eigenvalue weighted by molar-refractivity contribution is 6.35. The zero-order valence-corrected chi connectivity index (χ0v) is 11.5. The summed E-state index contributed by atoms with van der Waals surface area (Å²) in [5.41, 5.74) is 0.484. The van der Waals surface area contributed by atoms with E-state index in [0.29, 0.717) is 11.3 Å². The first-order valence-electron chi connectivity index (χ1n) is 5.70. The largest absolute Gasteiger partial charge is 0.362 e. The van der Waals surface area contributed by atoms with Gasteiger partial charge >= 0.3 is 5.82 Å². The molecule has 1 aromatic heterocycles. The summed E-state index contributed by atoms with van der Waals surface area (Å²) in [6.07, 6.45) is 0. The fourth-order valence-electron chi connectivity index (χ4n) is 1.60. The number of ketones is 1. The molecule has 0 fully saturated rings. The first-order valence-corrected chi connectivity index (χ1v) is 6.08. The van der Waals surface area contributed by atoms with Crippen molar-refractivity contribution in [1.29, 1.82) is 0 Å². The Bertz CT molecular complexity index is 741. The summed E-state index contributed by atoms with van der Waals surface area (Å²) in [5, 5.41) is 18.3. The molecule has 0 aliphatic rings. The summed E-state index contributed by atoms with van der Waals surface area (Å²) < 4.78 is 0. The Kier molecular flexibility index (Phi) is 3.99. The minimum absolute atomic E-state index is 0.153. The van der Waals surface area contributed by atoms with E-state index in [1.165, 1.54) is 13.0 Å². The molecular weight excluding hydrogens is 300 g/mol. The third-order valence-electron chi connectivity index (χ3n) is 2.61. The molecule has 0 aliphatic heterocycles. The smallest absolute Gasteiger partial charge is 0.358 e. The lowest BCUT2D eigenvalue weighted by atomic mass is 10.1. The number of hydrogen-bond donors (Lipinski definition) is 2. The molecule has 0 saturated carbocycles. The third-order valence-corrected chi connectivity index (χ3v) is 2.97. The van der Waals surface area contributed by atoms with E-state index < -0.39 is 16.6 Å². The number of anilines is 1. The van der Waals surface area contributed by atoms with E-state index in [2.05, 4.69) is 15.5 Å². The number of nitro groups is 1. The van der Waals surface area contributed by atoms with Crippen molar-refractivity contribution in [2.24, 2.45) is 0 Å². The molecule has 0 atom stereocenters. The summed E-state index contributed by atoms with van der Waals surface area (Å²) >= 11 is 5.71. The summed E-state index contributed by atoms with van der Waals surface area (Å²) in [6, 6.07) is 6.25. The van der Waals surface area contributed by atoms with Crippen molar-refractivity contribution >= 4 is 34.8 Å². The number of aromatic nitrogens is 2. The molecule has 0 saturated heterocycles. The third kappa shape index (κ3) is 3.06. The van der Waals surface area contributed by atoms with Crippen molar-refractivity contribution in [3.63, 3.8) is 0 Å². The quantitative estimate of drug-likeness (QED) is 0.511. The zero-order valence-electron chi connectivity index (χ0n) is 10.7. The highest BCUT2D eigenvalue weighted by Gasteiger charge is 2.25. The highest BCUT2D eigenvalue weighted by Crippen LogP contribution is 2.25. The van der Waals surface area contributed by atoms with Crippen LogP contribution in [0.3, 0.4) is 0 Å². The van der Waals surface area contributed by atoms with E-state index in [-0.39, 0.29) is 16.5 Å². The van der Waals surface area contributed by atoms with Gasteiger partial charge in [0, 0.05) is 11.3 Å². The van der Waals surface area contributed by atoms with Crippen LogP contribution in [0.5, 0.6) is 0 Å². The van der Waals surface area contributed by atoms with Crippen molar-refractivity contribution in [2.75, 3.05) is 5.32 Å². The van der Waals surface area contributed by atoms with Gasteiger partial charge in [-0.15, -0.1) is 5.10 Å². The van der Waals surface area contributed by atoms with Crippen LogP contribution in [0.4, 0.5) is 11.5 Å². The number of aromatic amines is 1. The monoisotopic (exact) mass is 308 g/mol. The lowest BCUT2D eigenvalue weighted by Gasteiger charge is -2.04. The molecule has 1 amide bonds. The van der Waals surface area contributed by atoms with Gasteiger partial charge in [0.05, 0.1) is 0 Å². The van der Waals surface area contributed by atoms with Crippen LogP contribution in [-0.4, -0.2) is 26.8 Å². The molecule has 2 aromatic rings.